The highest BCUT2D eigenvalue weighted by Crippen LogP contribution is 2.23. The summed E-state index contributed by atoms with van der Waals surface area (Å²) in [7, 11) is 3.45. The van der Waals surface area contributed by atoms with Crippen LogP contribution in [0.25, 0.3) is 0 Å². The predicted octanol–water partition coefficient (Wildman–Crippen LogP) is 2.62. The van der Waals surface area contributed by atoms with Gasteiger partial charge in [-0.15, -0.1) is 12.4 Å². The van der Waals surface area contributed by atoms with Gasteiger partial charge in [-0.1, -0.05) is 19.1 Å². The number of halogens is 1. The lowest BCUT2D eigenvalue weighted by molar-refractivity contribution is -0.136. The number of hydrogen-bond donors (Lipinski definition) is 1. The fourth-order valence-corrected chi connectivity index (χ4v) is 1.84. The summed E-state index contributed by atoms with van der Waals surface area (Å²) in [5, 5.41) is 0. The maximum Gasteiger partial charge on any atom is 0.227 e. The number of hydrogen-bond acceptors (Lipinski definition) is 3. The Morgan fingerprint density at radius 2 is 1.70 bits per heavy atom. The number of carbonyl (C=O) groups is 1. The van der Waals surface area contributed by atoms with E-state index in [1.165, 1.54) is 0 Å². The van der Waals surface area contributed by atoms with Crippen molar-refractivity contribution in [2.75, 3.05) is 14.2 Å². The van der Waals surface area contributed by atoms with Gasteiger partial charge in [-0.25, -0.2) is 0 Å². The van der Waals surface area contributed by atoms with Crippen molar-refractivity contribution < 1.29 is 9.53 Å². The summed E-state index contributed by atoms with van der Waals surface area (Å²) < 4.78 is 5.13. The molecule has 0 saturated carbocycles. The van der Waals surface area contributed by atoms with Gasteiger partial charge in [0, 0.05) is 13.1 Å². The molecule has 0 fully saturated rings. The molecule has 4 nitrogen and oxygen atoms in total. The second-order valence-electron chi connectivity index (χ2n) is 5.05. The normalized spacial score (nSPS) is 14.7. The van der Waals surface area contributed by atoms with Crippen LogP contribution < -0.4 is 10.5 Å². The topological polar surface area (TPSA) is 55.6 Å². The first kappa shape index (κ1) is 18.7. The lowest BCUT2D eigenvalue weighted by Crippen LogP contribution is -2.40. The Balaban J connectivity index is 0.00000361. The molecule has 20 heavy (non-hydrogen) atoms. The van der Waals surface area contributed by atoms with Crippen molar-refractivity contribution in [2.24, 2.45) is 11.7 Å². The summed E-state index contributed by atoms with van der Waals surface area (Å²) >= 11 is 0. The number of nitrogens with zero attached hydrogens (tertiary/aromatic N) is 1. The Bertz CT molecular complexity index is 420. The SMILES string of the molecule is COc1ccc(C(C)N(C)C(=O)C(C)C(C)N)cc1.Cl. The molecule has 0 aliphatic carbocycles. The maximum absolute atomic E-state index is 12.2. The van der Waals surface area contributed by atoms with Crippen molar-refractivity contribution in [3.8, 4) is 5.75 Å². The molecule has 3 atom stereocenters. The van der Waals surface area contributed by atoms with E-state index in [0.29, 0.717) is 0 Å². The van der Waals surface area contributed by atoms with Gasteiger partial charge < -0.3 is 15.4 Å². The molecule has 0 spiro atoms. The Morgan fingerprint density at radius 3 is 2.10 bits per heavy atom. The van der Waals surface area contributed by atoms with E-state index < -0.39 is 0 Å². The second kappa shape index (κ2) is 8.12. The van der Waals surface area contributed by atoms with Gasteiger partial charge in [0.2, 0.25) is 5.91 Å². The predicted molar refractivity (Wildman–Crippen MR) is 84.2 cm³/mol. The van der Waals surface area contributed by atoms with E-state index in [1.54, 1.807) is 12.0 Å². The van der Waals surface area contributed by atoms with Crippen LogP contribution in [0, 0.1) is 5.92 Å². The van der Waals surface area contributed by atoms with Gasteiger partial charge in [0.15, 0.2) is 0 Å². The minimum atomic E-state index is -0.175. The summed E-state index contributed by atoms with van der Waals surface area (Å²) in [6.07, 6.45) is 0. The van der Waals surface area contributed by atoms with Crippen LogP contribution in [0.1, 0.15) is 32.4 Å². The minimum absolute atomic E-state index is 0. The number of rotatable bonds is 5. The third-order valence-corrected chi connectivity index (χ3v) is 3.70. The van der Waals surface area contributed by atoms with Crippen molar-refractivity contribution >= 4 is 18.3 Å². The quantitative estimate of drug-likeness (QED) is 0.909. The lowest BCUT2D eigenvalue weighted by Gasteiger charge is -2.29. The van der Waals surface area contributed by atoms with Crippen LogP contribution in [0.4, 0.5) is 0 Å². The average molecular weight is 301 g/mol. The summed E-state index contributed by atoms with van der Waals surface area (Å²) in [5.41, 5.74) is 6.86. The maximum atomic E-state index is 12.2. The van der Waals surface area contributed by atoms with Crippen molar-refractivity contribution in [2.45, 2.75) is 32.9 Å². The lowest BCUT2D eigenvalue weighted by atomic mass is 10.0. The van der Waals surface area contributed by atoms with Crippen LogP contribution in [-0.2, 0) is 4.79 Å². The Kier molecular flexibility index (Phi) is 7.61. The number of ether oxygens (including phenoxy) is 1. The van der Waals surface area contributed by atoms with E-state index in [0.717, 1.165) is 11.3 Å². The van der Waals surface area contributed by atoms with Crippen molar-refractivity contribution in [1.29, 1.82) is 0 Å². The van der Waals surface area contributed by atoms with E-state index in [1.807, 2.05) is 52.1 Å². The first-order chi connectivity index (χ1) is 8.88. The van der Waals surface area contributed by atoms with Gasteiger partial charge in [-0.2, -0.15) is 0 Å². The van der Waals surface area contributed by atoms with E-state index in [9.17, 15) is 4.79 Å². The molecular formula is C15H25ClN2O2. The summed E-state index contributed by atoms with van der Waals surface area (Å²) in [6, 6.07) is 7.63. The third-order valence-electron chi connectivity index (χ3n) is 3.70. The second-order valence-corrected chi connectivity index (χ2v) is 5.05. The largest absolute Gasteiger partial charge is 0.497 e. The van der Waals surface area contributed by atoms with Crippen molar-refractivity contribution in [3.63, 3.8) is 0 Å². The highest BCUT2D eigenvalue weighted by atomic mass is 35.5. The van der Waals surface area contributed by atoms with Crippen LogP contribution >= 0.6 is 12.4 Å². The Labute approximate surface area is 127 Å². The number of methoxy groups -OCH3 is 1. The van der Waals surface area contributed by atoms with Gasteiger partial charge in [-0.3, -0.25) is 4.79 Å². The minimum Gasteiger partial charge on any atom is -0.497 e. The molecule has 0 heterocycles. The summed E-state index contributed by atoms with van der Waals surface area (Å²) in [4.78, 5) is 14.0. The first-order valence-corrected chi connectivity index (χ1v) is 6.54. The van der Waals surface area contributed by atoms with Gasteiger partial charge in [-0.05, 0) is 31.5 Å². The van der Waals surface area contributed by atoms with Gasteiger partial charge >= 0.3 is 0 Å². The molecule has 0 saturated heterocycles. The molecule has 1 rings (SSSR count). The zero-order valence-electron chi connectivity index (χ0n) is 12.8. The molecule has 0 radical (unpaired) electrons. The molecule has 0 aliphatic rings. The molecular weight excluding hydrogens is 276 g/mol. The first-order valence-electron chi connectivity index (χ1n) is 6.54. The monoisotopic (exact) mass is 300 g/mol. The summed E-state index contributed by atoms with van der Waals surface area (Å²) in [5.74, 6) is 0.706. The van der Waals surface area contributed by atoms with Crippen molar-refractivity contribution in [1.82, 2.24) is 4.90 Å². The number of nitrogens with two attached hydrogens (primary N) is 1. The number of carbonyl (C=O) groups excluding carboxylic acids is 1. The highest BCUT2D eigenvalue weighted by Gasteiger charge is 2.24. The molecule has 0 bridgehead atoms. The van der Waals surface area contributed by atoms with Crippen LogP contribution in [-0.4, -0.2) is 31.0 Å². The molecule has 0 aliphatic heterocycles. The standard InChI is InChI=1S/C15H24N2O2.ClH/c1-10(11(2)16)15(18)17(4)12(3)13-6-8-14(19-5)9-7-13;/h6-12H,16H2,1-5H3;1H. The highest BCUT2D eigenvalue weighted by molar-refractivity contribution is 5.85. The number of benzene rings is 1. The van der Waals surface area contributed by atoms with Gasteiger partial charge in [0.25, 0.3) is 0 Å². The molecule has 1 aromatic carbocycles. The van der Waals surface area contributed by atoms with E-state index in [4.69, 9.17) is 10.5 Å². The fraction of sp³-hybridized carbons (Fsp3) is 0.533. The molecule has 5 heteroatoms. The zero-order chi connectivity index (χ0) is 14.6. The average Bonchev–Trinajstić information content (AvgIpc) is 2.44. The fourth-order valence-electron chi connectivity index (χ4n) is 1.84. The Morgan fingerprint density at radius 1 is 1.20 bits per heavy atom. The van der Waals surface area contributed by atoms with Crippen LogP contribution in [0.2, 0.25) is 0 Å². The molecule has 1 amide bonds. The van der Waals surface area contributed by atoms with Gasteiger partial charge in [0.05, 0.1) is 19.1 Å². The van der Waals surface area contributed by atoms with Crippen LogP contribution in [0.5, 0.6) is 5.75 Å². The zero-order valence-corrected chi connectivity index (χ0v) is 13.6. The van der Waals surface area contributed by atoms with Gasteiger partial charge in [0.1, 0.15) is 5.75 Å². The van der Waals surface area contributed by atoms with E-state index >= 15 is 0 Å². The Hall–Kier alpha value is -1.26. The van der Waals surface area contributed by atoms with E-state index in [-0.39, 0.29) is 36.3 Å². The summed E-state index contributed by atoms with van der Waals surface area (Å²) in [6.45, 7) is 5.73. The third kappa shape index (κ3) is 4.39. The smallest absolute Gasteiger partial charge is 0.227 e. The molecule has 3 unspecified atom stereocenters. The molecule has 1 aromatic rings. The molecule has 0 aromatic heterocycles. The van der Waals surface area contributed by atoms with Crippen LogP contribution in [0.3, 0.4) is 0 Å². The molecule has 2 N–H and O–H groups in total. The molecule has 114 valence electrons. The van der Waals surface area contributed by atoms with Crippen LogP contribution in [0.15, 0.2) is 24.3 Å². The van der Waals surface area contributed by atoms with E-state index in [2.05, 4.69) is 0 Å². The van der Waals surface area contributed by atoms with Crippen molar-refractivity contribution in [3.05, 3.63) is 29.8 Å². The number of amides is 1.